The van der Waals surface area contributed by atoms with Gasteiger partial charge in [0.2, 0.25) is 0 Å². The number of aliphatic hydroxyl groups excluding tert-OH is 3. The Morgan fingerprint density at radius 3 is 1.71 bits per heavy atom. The SMILES string of the molecule is CCCCCC1CCC(c2ccc(-c3ccc(-c4ccc(-c5cc(CCCOC(=O)C(C)C)c(OCCC(CO)(CO)CCCC)c(CCCOC(O)C(C)C)c5)c(CC)c4)cc3CC)cc2)CC1. The van der Waals surface area contributed by atoms with Crippen LogP contribution in [-0.4, -0.2) is 60.6 Å². The molecule has 5 rings (SSSR count). The quantitative estimate of drug-likeness (QED) is 0.0272. The molecular formula is C62H90O7. The second-order valence-corrected chi connectivity index (χ2v) is 21.0. The number of hydrogen-bond donors (Lipinski definition) is 3. The highest BCUT2D eigenvalue weighted by Crippen LogP contribution is 2.41. The molecule has 1 atom stereocenters. The molecule has 1 saturated carbocycles. The van der Waals surface area contributed by atoms with Gasteiger partial charge in [-0.05, 0) is 162 Å². The third-order valence-electron chi connectivity index (χ3n) is 15.0. The van der Waals surface area contributed by atoms with Gasteiger partial charge in [-0.15, -0.1) is 0 Å². The van der Waals surface area contributed by atoms with Gasteiger partial charge in [-0.2, -0.15) is 0 Å². The Labute approximate surface area is 417 Å². The van der Waals surface area contributed by atoms with Crippen LogP contribution in [0.4, 0.5) is 0 Å². The predicted octanol–water partition coefficient (Wildman–Crippen LogP) is 14.7. The molecule has 1 aliphatic carbocycles. The second-order valence-electron chi connectivity index (χ2n) is 21.0. The molecule has 0 spiro atoms. The fraction of sp³-hybridized carbons (Fsp3) is 0.597. The van der Waals surface area contributed by atoms with Crippen LogP contribution in [0.1, 0.15) is 179 Å². The van der Waals surface area contributed by atoms with Crippen molar-refractivity contribution in [3.63, 3.8) is 0 Å². The van der Waals surface area contributed by atoms with Crippen LogP contribution in [0.25, 0.3) is 33.4 Å². The number of ether oxygens (including phenoxy) is 3. The molecule has 0 bridgehead atoms. The van der Waals surface area contributed by atoms with Crippen LogP contribution in [-0.2, 0) is 40.0 Å². The number of aliphatic hydroxyl groups is 3. The first-order chi connectivity index (χ1) is 33.4. The van der Waals surface area contributed by atoms with Crippen molar-refractivity contribution in [3.05, 3.63) is 101 Å². The van der Waals surface area contributed by atoms with Crippen LogP contribution in [0, 0.1) is 23.2 Å². The molecule has 0 saturated heterocycles. The van der Waals surface area contributed by atoms with E-state index in [0.717, 1.165) is 60.5 Å². The smallest absolute Gasteiger partial charge is 0.308 e. The molecule has 1 aliphatic rings. The van der Waals surface area contributed by atoms with Crippen LogP contribution in [0.15, 0.2) is 72.8 Å². The summed E-state index contributed by atoms with van der Waals surface area (Å²) >= 11 is 0. The number of aryl methyl sites for hydroxylation is 4. The van der Waals surface area contributed by atoms with E-state index in [1.807, 2.05) is 27.7 Å². The molecule has 7 heteroatoms. The Bertz CT molecular complexity index is 2130. The molecule has 4 aromatic carbocycles. The monoisotopic (exact) mass is 947 g/mol. The van der Waals surface area contributed by atoms with Gasteiger partial charge in [-0.1, -0.05) is 155 Å². The molecule has 4 aromatic rings. The van der Waals surface area contributed by atoms with Gasteiger partial charge in [0.25, 0.3) is 0 Å². The fourth-order valence-corrected chi connectivity index (χ4v) is 10.2. The van der Waals surface area contributed by atoms with E-state index in [0.29, 0.717) is 57.8 Å². The van der Waals surface area contributed by atoms with E-state index < -0.39 is 11.7 Å². The Balaban J connectivity index is 1.44. The predicted molar refractivity (Wildman–Crippen MR) is 286 cm³/mol. The fourth-order valence-electron chi connectivity index (χ4n) is 10.2. The van der Waals surface area contributed by atoms with Crippen molar-refractivity contribution < 1.29 is 34.3 Å². The number of esters is 1. The van der Waals surface area contributed by atoms with Crippen LogP contribution in [0.3, 0.4) is 0 Å². The van der Waals surface area contributed by atoms with E-state index in [9.17, 15) is 20.1 Å². The molecule has 1 unspecified atom stereocenters. The molecule has 0 aliphatic heterocycles. The third-order valence-corrected chi connectivity index (χ3v) is 15.0. The summed E-state index contributed by atoms with van der Waals surface area (Å²) in [5, 5.41) is 31.3. The topological polar surface area (TPSA) is 105 Å². The number of benzene rings is 4. The molecule has 69 heavy (non-hydrogen) atoms. The van der Waals surface area contributed by atoms with E-state index in [-0.39, 0.29) is 31.0 Å². The van der Waals surface area contributed by atoms with Crippen LogP contribution >= 0.6 is 0 Å². The number of carbonyl (C=O) groups excluding carboxylic acids is 1. The van der Waals surface area contributed by atoms with Crippen molar-refractivity contribution in [1.82, 2.24) is 0 Å². The molecular weight excluding hydrogens is 857 g/mol. The lowest BCUT2D eigenvalue weighted by Gasteiger charge is -2.30. The summed E-state index contributed by atoms with van der Waals surface area (Å²) in [7, 11) is 0. The number of carbonyl (C=O) groups is 1. The van der Waals surface area contributed by atoms with Gasteiger partial charge in [0.05, 0.1) is 39.0 Å². The molecule has 0 aromatic heterocycles. The van der Waals surface area contributed by atoms with E-state index in [2.05, 4.69) is 100 Å². The van der Waals surface area contributed by atoms with Gasteiger partial charge >= 0.3 is 5.97 Å². The van der Waals surface area contributed by atoms with E-state index in [1.54, 1.807) is 0 Å². The van der Waals surface area contributed by atoms with Crippen molar-refractivity contribution >= 4 is 5.97 Å². The minimum Gasteiger partial charge on any atom is -0.493 e. The molecule has 0 radical (unpaired) electrons. The van der Waals surface area contributed by atoms with E-state index in [4.69, 9.17) is 14.2 Å². The molecule has 380 valence electrons. The number of rotatable bonds is 30. The standard InChI is InChI=1S/C62H90O7/c1-9-13-15-18-46-21-23-49(24-22-46)50-25-27-51(28-26-50)57-31-29-52(38-47(57)11-3)53-30-32-58(48(12-4)39-53)56-40-54(19-16-35-68-60(65)44(5)6)59(55(41-56)20-17-36-69-61(66)45(7)8)67-37-34-62(42-63,43-64)33-14-10-2/h25-32,38-41,44-46,49,60,63-65H,9-24,33-37,42-43H2,1-8H3. The van der Waals surface area contributed by atoms with Crippen molar-refractivity contribution in [2.45, 2.75) is 183 Å². The molecule has 0 heterocycles. The lowest BCUT2D eigenvalue weighted by Crippen LogP contribution is -2.32. The largest absolute Gasteiger partial charge is 0.493 e. The average Bonchev–Trinajstić information content (AvgIpc) is 3.37. The maximum atomic E-state index is 12.4. The maximum absolute atomic E-state index is 12.4. The maximum Gasteiger partial charge on any atom is 0.308 e. The van der Waals surface area contributed by atoms with Gasteiger partial charge in [0, 0.05) is 11.3 Å². The zero-order chi connectivity index (χ0) is 49.8. The van der Waals surface area contributed by atoms with Gasteiger partial charge < -0.3 is 29.5 Å². The van der Waals surface area contributed by atoms with Crippen LogP contribution in [0.5, 0.6) is 5.75 Å². The minimum atomic E-state index is -0.828. The van der Waals surface area contributed by atoms with Crippen molar-refractivity contribution in [2.24, 2.45) is 23.2 Å². The van der Waals surface area contributed by atoms with Gasteiger partial charge in [-0.3, -0.25) is 4.79 Å². The zero-order valence-corrected chi connectivity index (χ0v) is 44.1. The highest BCUT2D eigenvalue weighted by molar-refractivity contribution is 5.78. The van der Waals surface area contributed by atoms with Crippen molar-refractivity contribution in [3.8, 4) is 39.1 Å². The summed E-state index contributed by atoms with van der Waals surface area (Å²) in [5.74, 6) is 2.00. The molecule has 0 amide bonds. The Morgan fingerprint density at radius 1 is 0.623 bits per heavy atom. The van der Waals surface area contributed by atoms with E-state index in [1.165, 1.54) is 95.9 Å². The minimum absolute atomic E-state index is 0.00630. The van der Waals surface area contributed by atoms with Gasteiger partial charge in [0.15, 0.2) is 6.29 Å². The molecule has 3 N–H and O–H groups in total. The van der Waals surface area contributed by atoms with E-state index >= 15 is 0 Å². The Hall–Kier alpha value is -4.01. The molecule has 7 nitrogen and oxygen atoms in total. The number of unbranched alkanes of at least 4 members (excludes halogenated alkanes) is 3. The Kier molecular flexibility index (Phi) is 23.3. The van der Waals surface area contributed by atoms with Crippen LogP contribution < -0.4 is 4.74 Å². The summed E-state index contributed by atoms with van der Waals surface area (Å²) < 4.78 is 18.2. The van der Waals surface area contributed by atoms with Gasteiger partial charge in [0.1, 0.15) is 5.75 Å². The number of hydrogen-bond acceptors (Lipinski definition) is 7. The first-order valence-electron chi connectivity index (χ1n) is 27.2. The van der Waals surface area contributed by atoms with Gasteiger partial charge in [-0.25, -0.2) is 0 Å². The summed E-state index contributed by atoms with van der Waals surface area (Å²) in [6.07, 6.45) is 17.6. The Morgan fingerprint density at radius 2 is 1.17 bits per heavy atom. The summed E-state index contributed by atoms with van der Waals surface area (Å²) in [6, 6.07) is 27.9. The third kappa shape index (κ3) is 16.3. The highest BCUT2D eigenvalue weighted by Gasteiger charge is 2.29. The first-order valence-corrected chi connectivity index (χ1v) is 27.2. The molecule has 1 fully saturated rings. The highest BCUT2D eigenvalue weighted by atomic mass is 16.6. The first kappa shape index (κ1) is 55.9. The lowest BCUT2D eigenvalue weighted by molar-refractivity contribution is -0.147. The summed E-state index contributed by atoms with van der Waals surface area (Å²) in [5.41, 5.74) is 12.9. The van der Waals surface area contributed by atoms with Crippen molar-refractivity contribution in [1.29, 1.82) is 0 Å². The summed E-state index contributed by atoms with van der Waals surface area (Å²) in [4.78, 5) is 12.4. The zero-order valence-electron chi connectivity index (χ0n) is 44.1. The lowest BCUT2D eigenvalue weighted by atomic mass is 9.77. The van der Waals surface area contributed by atoms with Crippen molar-refractivity contribution in [2.75, 3.05) is 33.0 Å². The normalized spacial score (nSPS) is 15.8. The average molecular weight is 947 g/mol. The second kappa shape index (κ2) is 28.7. The summed E-state index contributed by atoms with van der Waals surface area (Å²) in [6.45, 7) is 17.3. The van der Waals surface area contributed by atoms with Crippen LogP contribution in [0.2, 0.25) is 0 Å².